The zero-order valence-electron chi connectivity index (χ0n) is 17.3. The first-order valence-electron chi connectivity index (χ1n) is 10.8. The van der Waals surface area contributed by atoms with E-state index in [1.807, 2.05) is 30.0 Å². The second-order valence-electron chi connectivity index (χ2n) is 8.84. The molecule has 2 aliphatic heterocycles. The Morgan fingerprint density at radius 3 is 2.62 bits per heavy atom. The zero-order valence-corrected chi connectivity index (χ0v) is 17.3. The van der Waals surface area contributed by atoms with Crippen LogP contribution in [-0.4, -0.2) is 52.8 Å². The van der Waals surface area contributed by atoms with Crippen LogP contribution in [0.25, 0.3) is 10.9 Å². The molecule has 2 fully saturated rings. The van der Waals surface area contributed by atoms with Gasteiger partial charge in [0, 0.05) is 23.5 Å². The van der Waals surface area contributed by atoms with E-state index in [1.54, 1.807) is 12.0 Å². The Morgan fingerprint density at radius 1 is 1.14 bits per heavy atom. The van der Waals surface area contributed by atoms with Gasteiger partial charge in [0.25, 0.3) is 5.91 Å². The number of aromatic amines is 1. The van der Waals surface area contributed by atoms with Gasteiger partial charge in [0.05, 0.1) is 12.8 Å². The molecule has 1 N–H and O–H groups in total. The molecular formula is C23H29N3O3. The minimum absolute atomic E-state index is 0.0678. The first kappa shape index (κ1) is 18.5. The summed E-state index contributed by atoms with van der Waals surface area (Å²) < 4.78 is 5.41. The van der Waals surface area contributed by atoms with Gasteiger partial charge in [0.2, 0.25) is 5.91 Å². The van der Waals surface area contributed by atoms with E-state index in [9.17, 15) is 9.59 Å². The third-order valence-electron chi connectivity index (χ3n) is 7.27. The number of nitrogens with one attached hydrogen (secondary N) is 1. The largest absolute Gasteiger partial charge is 0.497 e. The normalized spacial score (nSPS) is 25.7. The maximum absolute atomic E-state index is 13.9. The number of benzene rings is 1. The summed E-state index contributed by atoms with van der Waals surface area (Å²) in [5, 5.41) is 1.09. The van der Waals surface area contributed by atoms with Crippen LogP contribution < -0.4 is 4.74 Å². The average molecular weight is 396 g/mol. The van der Waals surface area contributed by atoms with Gasteiger partial charge in [-0.2, -0.15) is 0 Å². The highest BCUT2D eigenvalue weighted by Gasteiger charge is 2.55. The molecule has 3 aliphatic rings. The molecule has 1 atom stereocenters. The van der Waals surface area contributed by atoms with Crippen LogP contribution >= 0.6 is 0 Å². The van der Waals surface area contributed by atoms with E-state index < -0.39 is 5.54 Å². The Bertz CT molecular complexity index is 973. The zero-order chi connectivity index (χ0) is 20.2. The predicted octanol–water partition coefficient (Wildman–Crippen LogP) is 3.34. The number of hydrogen-bond donors (Lipinski definition) is 1. The lowest BCUT2D eigenvalue weighted by atomic mass is 9.82. The molecular weight excluding hydrogens is 366 g/mol. The predicted molar refractivity (Wildman–Crippen MR) is 111 cm³/mol. The number of hydrogen-bond acceptors (Lipinski definition) is 3. The maximum Gasteiger partial charge on any atom is 0.255 e. The Hall–Kier alpha value is -2.50. The topological polar surface area (TPSA) is 65.6 Å². The molecule has 1 aliphatic carbocycles. The van der Waals surface area contributed by atoms with Crippen molar-refractivity contribution in [1.82, 2.24) is 14.8 Å². The summed E-state index contributed by atoms with van der Waals surface area (Å²) in [6.07, 6.45) is 7.49. The van der Waals surface area contributed by atoms with Crippen LogP contribution in [0.4, 0.5) is 0 Å². The molecule has 6 nitrogen and oxygen atoms in total. The number of H-pyrrole nitrogens is 1. The fraction of sp³-hybridized carbons (Fsp3) is 0.565. The highest BCUT2D eigenvalue weighted by Crippen LogP contribution is 2.43. The van der Waals surface area contributed by atoms with Gasteiger partial charge < -0.3 is 19.5 Å². The summed E-state index contributed by atoms with van der Waals surface area (Å²) in [4.78, 5) is 34.2. The summed E-state index contributed by atoms with van der Waals surface area (Å²) in [5.41, 5.74) is 2.05. The molecule has 2 amide bonds. The number of aromatic nitrogens is 1. The van der Waals surface area contributed by atoms with Crippen LogP contribution in [0.5, 0.6) is 5.75 Å². The number of rotatable bonds is 2. The lowest BCUT2D eigenvalue weighted by Gasteiger charge is -2.51. The Balaban J connectivity index is 1.60. The van der Waals surface area contributed by atoms with Crippen LogP contribution in [0, 0.1) is 0 Å². The number of carbonyl (C=O) groups is 2. The summed E-state index contributed by atoms with van der Waals surface area (Å²) in [6.45, 7) is 2.74. The fourth-order valence-electron chi connectivity index (χ4n) is 5.65. The van der Waals surface area contributed by atoms with E-state index >= 15 is 0 Å². The van der Waals surface area contributed by atoms with E-state index in [-0.39, 0.29) is 24.4 Å². The Morgan fingerprint density at radius 2 is 1.90 bits per heavy atom. The second-order valence-corrected chi connectivity index (χ2v) is 8.84. The first-order valence-corrected chi connectivity index (χ1v) is 10.8. The third-order valence-corrected chi connectivity index (χ3v) is 7.27. The molecule has 5 rings (SSSR count). The van der Waals surface area contributed by atoms with Crippen molar-refractivity contribution < 1.29 is 14.3 Å². The van der Waals surface area contributed by atoms with Crippen molar-refractivity contribution in [3.8, 4) is 5.75 Å². The molecule has 1 unspecified atom stereocenters. The first-order chi connectivity index (χ1) is 14.0. The number of piperazine rings is 1. The lowest BCUT2D eigenvalue weighted by Crippen LogP contribution is -2.68. The van der Waals surface area contributed by atoms with Crippen LogP contribution in [0.15, 0.2) is 18.2 Å². The van der Waals surface area contributed by atoms with Crippen LogP contribution in [-0.2, 0) is 21.5 Å². The molecule has 3 heterocycles. The molecule has 2 aromatic rings. The molecule has 1 saturated carbocycles. The lowest BCUT2D eigenvalue weighted by molar-refractivity contribution is -0.168. The van der Waals surface area contributed by atoms with Crippen LogP contribution in [0.2, 0.25) is 0 Å². The number of carbonyl (C=O) groups excluding carboxylic acids is 2. The van der Waals surface area contributed by atoms with Gasteiger partial charge in [0.15, 0.2) is 5.54 Å². The molecule has 0 spiro atoms. The number of ether oxygens (including phenoxy) is 1. The maximum atomic E-state index is 13.9. The van der Waals surface area contributed by atoms with Crippen molar-refractivity contribution in [2.45, 2.75) is 63.5 Å². The van der Waals surface area contributed by atoms with E-state index in [2.05, 4.69) is 4.98 Å². The minimum Gasteiger partial charge on any atom is -0.497 e. The van der Waals surface area contributed by atoms with Crippen molar-refractivity contribution in [2.24, 2.45) is 0 Å². The fourth-order valence-corrected chi connectivity index (χ4v) is 5.65. The molecule has 0 radical (unpaired) electrons. The van der Waals surface area contributed by atoms with E-state index in [1.165, 1.54) is 12.8 Å². The van der Waals surface area contributed by atoms with Gasteiger partial charge in [0.1, 0.15) is 12.3 Å². The highest BCUT2D eigenvalue weighted by molar-refractivity contribution is 6.01. The quantitative estimate of drug-likeness (QED) is 0.793. The monoisotopic (exact) mass is 395 g/mol. The summed E-state index contributed by atoms with van der Waals surface area (Å²) in [6, 6.07) is 6.14. The summed E-state index contributed by atoms with van der Waals surface area (Å²) in [5.74, 6) is 0.944. The number of nitrogens with zero attached hydrogens (tertiary/aromatic N) is 2. The molecule has 1 aromatic carbocycles. The van der Waals surface area contributed by atoms with Crippen LogP contribution in [0.3, 0.4) is 0 Å². The van der Waals surface area contributed by atoms with Gasteiger partial charge in [-0.3, -0.25) is 9.59 Å². The summed E-state index contributed by atoms with van der Waals surface area (Å²) >= 11 is 0. The highest BCUT2D eigenvalue weighted by atomic mass is 16.5. The molecule has 154 valence electrons. The minimum atomic E-state index is -0.957. The Kier molecular flexibility index (Phi) is 4.33. The second kappa shape index (κ2) is 6.78. The van der Waals surface area contributed by atoms with E-state index in [0.717, 1.165) is 60.0 Å². The van der Waals surface area contributed by atoms with Crippen molar-refractivity contribution >= 4 is 22.7 Å². The molecule has 6 heteroatoms. The van der Waals surface area contributed by atoms with E-state index in [4.69, 9.17) is 4.74 Å². The van der Waals surface area contributed by atoms with Crippen LogP contribution in [0.1, 0.15) is 56.7 Å². The SMILES string of the molecule is COc1ccc2[nH]c3c(c2c1)CCN1C(=O)CN(C2CCCCCC2)C(=O)C31C. The number of methoxy groups -OCH3 is 1. The third kappa shape index (κ3) is 2.68. The summed E-state index contributed by atoms with van der Waals surface area (Å²) in [7, 11) is 1.66. The van der Waals surface area contributed by atoms with Crippen molar-refractivity contribution in [1.29, 1.82) is 0 Å². The van der Waals surface area contributed by atoms with E-state index in [0.29, 0.717) is 6.54 Å². The van der Waals surface area contributed by atoms with Crippen molar-refractivity contribution in [2.75, 3.05) is 20.2 Å². The smallest absolute Gasteiger partial charge is 0.255 e. The molecule has 0 bridgehead atoms. The van der Waals surface area contributed by atoms with Gasteiger partial charge in [-0.15, -0.1) is 0 Å². The number of fused-ring (bicyclic) bond motifs is 5. The van der Waals surface area contributed by atoms with Gasteiger partial charge in [-0.25, -0.2) is 0 Å². The molecule has 29 heavy (non-hydrogen) atoms. The Labute approximate surface area is 171 Å². The van der Waals surface area contributed by atoms with Gasteiger partial charge in [-0.1, -0.05) is 25.7 Å². The number of amides is 2. The average Bonchev–Trinajstić information content (AvgIpc) is 2.90. The van der Waals surface area contributed by atoms with Crippen molar-refractivity contribution in [3.05, 3.63) is 29.5 Å². The van der Waals surface area contributed by atoms with Crippen molar-refractivity contribution in [3.63, 3.8) is 0 Å². The van der Waals surface area contributed by atoms with Gasteiger partial charge >= 0.3 is 0 Å². The van der Waals surface area contributed by atoms with Gasteiger partial charge in [-0.05, 0) is 49.9 Å². The molecule has 1 aromatic heterocycles. The molecule has 1 saturated heterocycles. The standard InChI is InChI=1S/C23H29N3O3/c1-23-21-17(18-13-16(29-2)9-10-19(18)24-21)11-12-26(23)20(27)14-25(22(23)28)15-7-5-3-4-6-8-15/h9-10,13,15,24H,3-8,11-12,14H2,1-2H3.